The lowest BCUT2D eigenvalue weighted by atomic mass is 10.1. The van der Waals surface area contributed by atoms with Crippen LogP contribution in [0.1, 0.15) is 26.7 Å². The summed E-state index contributed by atoms with van der Waals surface area (Å²) in [5, 5.41) is -0.0110. The molecule has 0 saturated heterocycles. The molecule has 0 fully saturated rings. The van der Waals surface area contributed by atoms with E-state index in [4.69, 9.17) is 5.73 Å². The van der Waals surface area contributed by atoms with E-state index in [-0.39, 0.29) is 5.03 Å². The van der Waals surface area contributed by atoms with Gasteiger partial charge < -0.3 is 5.73 Å². The minimum absolute atomic E-state index is 0.0110. The molecule has 0 unspecified atom stereocenters. The quantitative estimate of drug-likeness (QED) is 0.728. The van der Waals surface area contributed by atoms with Gasteiger partial charge in [-0.05, 0) is 24.8 Å². The van der Waals surface area contributed by atoms with E-state index in [2.05, 4.69) is 13.8 Å². The second kappa shape index (κ2) is 4.50. The van der Waals surface area contributed by atoms with E-state index >= 15 is 0 Å². The van der Waals surface area contributed by atoms with Crippen molar-refractivity contribution in [2.45, 2.75) is 26.7 Å². The summed E-state index contributed by atoms with van der Waals surface area (Å²) < 4.78 is 21.6. The molecule has 0 spiro atoms. The predicted octanol–water partition coefficient (Wildman–Crippen LogP) is 1.27. The van der Waals surface area contributed by atoms with E-state index in [0.717, 1.165) is 19.1 Å². The van der Waals surface area contributed by atoms with Crippen LogP contribution in [0.5, 0.6) is 0 Å². The molecule has 2 N–H and O–H groups in total. The second-order valence-electron chi connectivity index (χ2n) is 3.35. The molecule has 0 atom stereocenters. The Bertz CT molecular complexity index is 252. The van der Waals surface area contributed by atoms with Crippen molar-refractivity contribution in [3.8, 4) is 0 Å². The van der Waals surface area contributed by atoms with Gasteiger partial charge in [0.25, 0.3) is 0 Å². The van der Waals surface area contributed by atoms with Crippen LogP contribution in [0.4, 0.5) is 0 Å². The van der Waals surface area contributed by atoms with Crippen LogP contribution in [-0.4, -0.2) is 14.7 Å². The van der Waals surface area contributed by atoms with E-state index in [1.165, 1.54) is 0 Å². The Labute approximate surface area is 74.6 Å². The summed E-state index contributed by atoms with van der Waals surface area (Å²) in [6, 6.07) is 0. The normalized spacial score (nSPS) is 13.8. The molecule has 0 aliphatic rings. The standard InChI is InChI=1S/C8H17NO2S/c1-7(2)5-4-6-8(9)12(3,10)11/h6-7H,4-5,9H2,1-3H3. The maximum absolute atomic E-state index is 10.8. The molecule has 0 aromatic carbocycles. The van der Waals surface area contributed by atoms with Crippen LogP contribution in [0.15, 0.2) is 11.1 Å². The summed E-state index contributed by atoms with van der Waals surface area (Å²) in [4.78, 5) is 0. The molecule has 0 aliphatic heterocycles. The van der Waals surface area contributed by atoms with Gasteiger partial charge in [-0.15, -0.1) is 0 Å². The van der Waals surface area contributed by atoms with Gasteiger partial charge in [0.2, 0.25) is 0 Å². The number of hydrogen-bond donors (Lipinski definition) is 1. The molecule has 0 rings (SSSR count). The average Bonchev–Trinajstić information content (AvgIpc) is 1.84. The molecule has 3 nitrogen and oxygen atoms in total. The Morgan fingerprint density at radius 3 is 2.33 bits per heavy atom. The SMILES string of the molecule is CC(C)CCC=C(N)S(C)(=O)=O. The molecule has 0 amide bonds. The van der Waals surface area contributed by atoms with Gasteiger partial charge in [0.15, 0.2) is 9.84 Å². The van der Waals surface area contributed by atoms with Gasteiger partial charge in [-0.2, -0.15) is 0 Å². The van der Waals surface area contributed by atoms with Crippen LogP contribution in [-0.2, 0) is 9.84 Å². The van der Waals surface area contributed by atoms with Crippen molar-refractivity contribution < 1.29 is 8.42 Å². The first-order chi connectivity index (χ1) is 5.34. The van der Waals surface area contributed by atoms with E-state index < -0.39 is 9.84 Å². The minimum Gasteiger partial charge on any atom is -0.390 e. The van der Waals surface area contributed by atoms with Gasteiger partial charge >= 0.3 is 0 Å². The fourth-order valence-corrected chi connectivity index (χ4v) is 1.13. The summed E-state index contributed by atoms with van der Waals surface area (Å²) in [6.45, 7) is 4.18. The van der Waals surface area contributed by atoms with E-state index in [9.17, 15) is 8.42 Å². The third kappa shape index (κ3) is 5.18. The summed E-state index contributed by atoms with van der Waals surface area (Å²) in [5.74, 6) is 0.577. The van der Waals surface area contributed by atoms with Gasteiger partial charge in [0.1, 0.15) is 5.03 Å². The largest absolute Gasteiger partial charge is 0.390 e. The van der Waals surface area contributed by atoms with Crippen molar-refractivity contribution in [2.24, 2.45) is 11.7 Å². The van der Waals surface area contributed by atoms with Crippen molar-refractivity contribution in [2.75, 3.05) is 6.26 Å². The van der Waals surface area contributed by atoms with Gasteiger partial charge in [-0.25, -0.2) is 8.42 Å². The highest BCUT2D eigenvalue weighted by atomic mass is 32.2. The number of hydrogen-bond acceptors (Lipinski definition) is 3. The molecular weight excluding hydrogens is 174 g/mol. The number of rotatable bonds is 4. The van der Waals surface area contributed by atoms with Crippen molar-refractivity contribution in [1.29, 1.82) is 0 Å². The van der Waals surface area contributed by atoms with Gasteiger partial charge in [-0.1, -0.05) is 13.8 Å². The Morgan fingerprint density at radius 2 is 2.00 bits per heavy atom. The lowest BCUT2D eigenvalue weighted by molar-refractivity contribution is 0.591. The van der Waals surface area contributed by atoms with E-state index in [0.29, 0.717) is 5.92 Å². The molecule has 0 saturated carbocycles. The second-order valence-corrected chi connectivity index (χ2v) is 5.37. The molecule has 0 heterocycles. The lowest BCUT2D eigenvalue weighted by Crippen LogP contribution is -2.09. The molecule has 72 valence electrons. The smallest absolute Gasteiger partial charge is 0.189 e. The topological polar surface area (TPSA) is 60.2 Å². The van der Waals surface area contributed by atoms with E-state index in [1.807, 2.05) is 0 Å². The molecule has 0 bridgehead atoms. The van der Waals surface area contributed by atoms with E-state index in [1.54, 1.807) is 6.08 Å². The Balaban J connectivity index is 4.04. The van der Waals surface area contributed by atoms with Crippen LogP contribution in [0.25, 0.3) is 0 Å². The Morgan fingerprint density at radius 1 is 1.50 bits per heavy atom. The maximum atomic E-state index is 10.8. The Kier molecular flexibility index (Phi) is 4.31. The van der Waals surface area contributed by atoms with Crippen molar-refractivity contribution >= 4 is 9.84 Å². The molecule has 0 aromatic heterocycles. The molecule has 12 heavy (non-hydrogen) atoms. The zero-order chi connectivity index (χ0) is 9.78. The highest BCUT2D eigenvalue weighted by Crippen LogP contribution is 2.06. The number of nitrogens with two attached hydrogens (primary N) is 1. The summed E-state index contributed by atoms with van der Waals surface area (Å²) in [6.07, 6.45) is 4.40. The van der Waals surface area contributed by atoms with Crippen LogP contribution in [0, 0.1) is 5.92 Å². The minimum atomic E-state index is -3.16. The lowest BCUT2D eigenvalue weighted by Gasteiger charge is -2.01. The zero-order valence-corrected chi connectivity index (χ0v) is 8.69. The van der Waals surface area contributed by atoms with Gasteiger partial charge in [0.05, 0.1) is 0 Å². The first kappa shape index (κ1) is 11.5. The first-order valence-corrected chi connectivity index (χ1v) is 5.89. The first-order valence-electron chi connectivity index (χ1n) is 3.99. The third-order valence-electron chi connectivity index (χ3n) is 1.52. The summed E-state index contributed by atoms with van der Waals surface area (Å²) in [5.41, 5.74) is 5.31. The molecule has 0 radical (unpaired) electrons. The number of allylic oxidation sites excluding steroid dienone is 1. The summed E-state index contributed by atoms with van der Waals surface area (Å²) >= 11 is 0. The van der Waals surface area contributed by atoms with Crippen LogP contribution < -0.4 is 5.73 Å². The fourth-order valence-electron chi connectivity index (χ4n) is 0.710. The van der Waals surface area contributed by atoms with Gasteiger partial charge in [0, 0.05) is 6.26 Å². The van der Waals surface area contributed by atoms with Crippen LogP contribution in [0.2, 0.25) is 0 Å². The van der Waals surface area contributed by atoms with Crippen LogP contribution >= 0.6 is 0 Å². The van der Waals surface area contributed by atoms with Crippen LogP contribution in [0.3, 0.4) is 0 Å². The molecule has 0 aliphatic carbocycles. The molecule has 0 aromatic rings. The van der Waals surface area contributed by atoms with Crippen molar-refractivity contribution in [3.63, 3.8) is 0 Å². The highest BCUT2D eigenvalue weighted by Gasteiger charge is 2.04. The summed E-state index contributed by atoms with van der Waals surface area (Å²) in [7, 11) is -3.16. The van der Waals surface area contributed by atoms with Gasteiger partial charge in [-0.3, -0.25) is 0 Å². The molecular formula is C8H17NO2S. The third-order valence-corrected chi connectivity index (χ3v) is 2.54. The molecule has 4 heteroatoms. The highest BCUT2D eigenvalue weighted by molar-refractivity contribution is 7.94. The fraction of sp³-hybridized carbons (Fsp3) is 0.750. The predicted molar refractivity (Wildman–Crippen MR) is 51.2 cm³/mol. The maximum Gasteiger partial charge on any atom is 0.189 e. The Hall–Kier alpha value is -0.510. The van der Waals surface area contributed by atoms with Crippen molar-refractivity contribution in [1.82, 2.24) is 0 Å². The zero-order valence-electron chi connectivity index (χ0n) is 7.87. The number of sulfone groups is 1. The average molecular weight is 191 g/mol. The van der Waals surface area contributed by atoms with Crippen molar-refractivity contribution in [3.05, 3.63) is 11.1 Å². The monoisotopic (exact) mass is 191 g/mol.